The fourth-order valence-corrected chi connectivity index (χ4v) is 2.83. The number of nitrogens with zero attached hydrogens (tertiary/aromatic N) is 2. The van der Waals surface area contributed by atoms with Crippen LogP contribution in [-0.4, -0.2) is 36.2 Å². The summed E-state index contributed by atoms with van der Waals surface area (Å²) < 4.78 is 24.8. The Morgan fingerprint density at radius 3 is 2.76 bits per heavy atom. The van der Waals surface area contributed by atoms with E-state index in [2.05, 4.69) is 10.4 Å². The summed E-state index contributed by atoms with van der Waals surface area (Å²) in [5.74, 6) is 0.432. The number of rotatable bonds is 8. The fourth-order valence-electron chi connectivity index (χ4n) is 1.53. The Morgan fingerprint density at radius 2 is 2.12 bits per heavy atom. The van der Waals surface area contributed by atoms with Crippen LogP contribution in [0.15, 0.2) is 12.4 Å². The van der Waals surface area contributed by atoms with Crippen LogP contribution >= 0.6 is 0 Å². The normalized spacial score (nSPS) is 11.9. The predicted octanol–water partition coefficient (Wildman–Crippen LogP) is 0.817. The van der Waals surface area contributed by atoms with Crippen molar-refractivity contribution in [2.75, 3.05) is 18.1 Å². The first-order valence-electron chi connectivity index (χ1n) is 6.00. The Hall–Kier alpha value is -0.880. The minimum Gasteiger partial charge on any atom is -0.313 e. The highest BCUT2D eigenvalue weighted by Crippen LogP contribution is 2.00. The quantitative estimate of drug-likeness (QED) is 0.750. The summed E-state index contributed by atoms with van der Waals surface area (Å²) in [6, 6.07) is 0. The summed E-state index contributed by atoms with van der Waals surface area (Å²) in [7, 11) is -2.91. The third kappa shape index (κ3) is 5.32. The lowest BCUT2D eigenvalue weighted by atomic mass is 10.3. The van der Waals surface area contributed by atoms with Gasteiger partial charge in [-0.05, 0) is 13.0 Å². The van der Waals surface area contributed by atoms with Crippen molar-refractivity contribution in [3.05, 3.63) is 18.0 Å². The first-order chi connectivity index (χ1) is 8.07. The van der Waals surface area contributed by atoms with Gasteiger partial charge in [-0.3, -0.25) is 4.68 Å². The minimum absolute atomic E-state index is 0.170. The van der Waals surface area contributed by atoms with E-state index >= 15 is 0 Å². The Morgan fingerprint density at radius 1 is 1.35 bits per heavy atom. The molecule has 0 fully saturated rings. The van der Waals surface area contributed by atoms with Crippen LogP contribution in [0.2, 0.25) is 0 Å². The molecule has 0 amide bonds. The highest BCUT2D eigenvalue weighted by Gasteiger charge is 2.09. The van der Waals surface area contributed by atoms with Crippen molar-refractivity contribution < 1.29 is 8.42 Å². The van der Waals surface area contributed by atoms with Gasteiger partial charge in [0.15, 0.2) is 9.84 Å². The van der Waals surface area contributed by atoms with Gasteiger partial charge < -0.3 is 5.32 Å². The highest BCUT2D eigenvalue weighted by molar-refractivity contribution is 7.91. The SMILES string of the molecule is CCCS(=O)(=O)CCn1cc(CNCC)cn1. The number of hydrogen-bond donors (Lipinski definition) is 1. The lowest BCUT2D eigenvalue weighted by Gasteiger charge is -2.02. The maximum absolute atomic E-state index is 11.5. The van der Waals surface area contributed by atoms with Gasteiger partial charge >= 0.3 is 0 Å². The number of aromatic nitrogens is 2. The van der Waals surface area contributed by atoms with Crippen molar-refractivity contribution in [1.82, 2.24) is 15.1 Å². The molecule has 1 aromatic heterocycles. The van der Waals surface area contributed by atoms with Gasteiger partial charge in [0.25, 0.3) is 0 Å². The summed E-state index contributed by atoms with van der Waals surface area (Å²) in [5, 5.41) is 7.34. The highest BCUT2D eigenvalue weighted by atomic mass is 32.2. The van der Waals surface area contributed by atoms with Crippen LogP contribution < -0.4 is 5.32 Å². The van der Waals surface area contributed by atoms with Crippen molar-refractivity contribution in [2.45, 2.75) is 33.4 Å². The fraction of sp³-hybridized carbons (Fsp3) is 0.727. The van der Waals surface area contributed by atoms with Crippen molar-refractivity contribution in [1.29, 1.82) is 0 Å². The van der Waals surface area contributed by atoms with E-state index in [1.165, 1.54) is 0 Å². The molecule has 1 N–H and O–H groups in total. The molecule has 1 rings (SSSR count). The molecule has 0 aliphatic rings. The number of aryl methyl sites for hydroxylation is 1. The van der Waals surface area contributed by atoms with E-state index in [-0.39, 0.29) is 11.5 Å². The van der Waals surface area contributed by atoms with Crippen LogP contribution in [-0.2, 0) is 22.9 Å². The Kier molecular flexibility index (Phi) is 5.64. The molecule has 1 heterocycles. The van der Waals surface area contributed by atoms with Crippen LogP contribution in [0, 0.1) is 0 Å². The van der Waals surface area contributed by atoms with Gasteiger partial charge in [-0.1, -0.05) is 13.8 Å². The second kappa shape index (κ2) is 6.76. The predicted molar refractivity (Wildman–Crippen MR) is 68.6 cm³/mol. The number of hydrogen-bond acceptors (Lipinski definition) is 4. The molecule has 6 heteroatoms. The van der Waals surface area contributed by atoms with Crippen molar-refractivity contribution in [2.24, 2.45) is 0 Å². The molecule has 5 nitrogen and oxygen atoms in total. The van der Waals surface area contributed by atoms with E-state index in [4.69, 9.17) is 0 Å². The maximum atomic E-state index is 11.5. The third-order valence-corrected chi connectivity index (χ3v) is 4.25. The molecular formula is C11H21N3O2S. The van der Waals surface area contributed by atoms with Crippen LogP contribution in [0.4, 0.5) is 0 Å². The Balaban J connectivity index is 2.44. The van der Waals surface area contributed by atoms with Gasteiger partial charge in [0.05, 0.1) is 18.5 Å². The third-order valence-electron chi connectivity index (χ3n) is 2.41. The monoisotopic (exact) mass is 259 g/mol. The van der Waals surface area contributed by atoms with Gasteiger partial charge in [0.2, 0.25) is 0 Å². The molecule has 0 bridgehead atoms. The first kappa shape index (κ1) is 14.2. The molecule has 0 aromatic carbocycles. The lowest BCUT2D eigenvalue weighted by Crippen LogP contribution is -2.16. The van der Waals surface area contributed by atoms with Gasteiger partial charge in [0, 0.05) is 24.1 Å². The van der Waals surface area contributed by atoms with Gasteiger partial charge in [-0.25, -0.2) is 8.42 Å². The van der Waals surface area contributed by atoms with Crippen LogP contribution in [0.1, 0.15) is 25.8 Å². The molecule has 0 saturated heterocycles. The molecule has 0 aliphatic carbocycles. The second-order valence-corrected chi connectivity index (χ2v) is 6.35. The summed E-state index contributed by atoms with van der Waals surface area (Å²) >= 11 is 0. The zero-order valence-corrected chi connectivity index (χ0v) is 11.3. The first-order valence-corrected chi connectivity index (χ1v) is 7.82. The van der Waals surface area contributed by atoms with E-state index in [0.29, 0.717) is 13.0 Å². The van der Waals surface area contributed by atoms with Gasteiger partial charge in [0.1, 0.15) is 0 Å². The van der Waals surface area contributed by atoms with Gasteiger partial charge in [-0.2, -0.15) is 5.10 Å². The van der Waals surface area contributed by atoms with Gasteiger partial charge in [-0.15, -0.1) is 0 Å². The molecular weight excluding hydrogens is 238 g/mol. The molecule has 0 spiro atoms. The zero-order valence-electron chi connectivity index (χ0n) is 10.5. The van der Waals surface area contributed by atoms with Crippen LogP contribution in [0.5, 0.6) is 0 Å². The molecule has 17 heavy (non-hydrogen) atoms. The van der Waals surface area contributed by atoms with E-state index in [1.54, 1.807) is 10.9 Å². The van der Waals surface area contributed by atoms with Crippen molar-refractivity contribution in [3.63, 3.8) is 0 Å². The molecule has 0 saturated carbocycles. The topological polar surface area (TPSA) is 64.0 Å². The molecule has 0 radical (unpaired) electrons. The molecule has 0 unspecified atom stereocenters. The molecule has 0 aliphatic heterocycles. The maximum Gasteiger partial charge on any atom is 0.152 e. The van der Waals surface area contributed by atoms with E-state index in [0.717, 1.165) is 18.7 Å². The molecule has 1 aromatic rings. The Bertz CT molecular complexity index is 426. The number of sulfone groups is 1. The summed E-state index contributed by atoms with van der Waals surface area (Å²) in [6.45, 7) is 6.05. The van der Waals surface area contributed by atoms with E-state index in [1.807, 2.05) is 20.0 Å². The molecule has 0 atom stereocenters. The average molecular weight is 259 g/mol. The van der Waals surface area contributed by atoms with E-state index < -0.39 is 9.84 Å². The Labute approximate surface area is 103 Å². The van der Waals surface area contributed by atoms with Crippen LogP contribution in [0.3, 0.4) is 0 Å². The van der Waals surface area contributed by atoms with Crippen LogP contribution in [0.25, 0.3) is 0 Å². The standard InChI is InChI=1S/C11H21N3O2S/c1-3-6-17(15,16)7-5-14-10-11(9-13-14)8-12-4-2/h9-10,12H,3-8H2,1-2H3. The minimum atomic E-state index is -2.91. The second-order valence-electron chi connectivity index (χ2n) is 4.04. The summed E-state index contributed by atoms with van der Waals surface area (Å²) in [5.41, 5.74) is 1.08. The summed E-state index contributed by atoms with van der Waals surface area (Å²) in [4.78, 5) is 0. The van der Waals surface area contributed by atoms with E-state index in [9.17, 15) is 8.42 Å². The van der Waals surface area contributed by atoms with Crippen molar-refractivity contribution in [3.8, 4) is 0 Å². The summed E-state index contributed by atoms with van der Waals surface area (Å²) in [6.07, 6.45) is 4.34. The van der Waals surface area contributed by atoms with Crippen molar-refractivity contribution >= 4 is 9.84 Å². The number of nitrogens with one attached hydrogen (secondary N) is 1. The average Bonchev–Trinajstić information content (AvgIpc) is 2.72. The zero-order chi connectivity index (χ0) is 12.7. The molecule has 98 valence electrons. The smallest absolute Gasteiger partial charge is 0.152 e. The largest absolute Gasteiger partial charge is 0.313 e. The lowest BCUT2D eigenvalue weighted by molar-refractivity contribution is 0.579.